The molecule has 0 saturated carbocycles. The van der Waals surface area contributed by atoms with E-state index in [2.05, 4.69) is 16.3 Å². The average Bonchev–Trinajstić information content (AvgIpc) is 1.72. The van der Waals surface area contributed by atoms with Crippen LogP contribution in [0.5, 0.6) is 0 Å². The standard InChI is InChI=1S/2C14H23NO4.C13H21NO5.C9H17NO2.C8H15NO3.C7H14N2O3.C4H4O3.CH3Cl.ClH/c2*1-4-11-8-15(13(17)5-2)9-12(11)19-14(18)7-6-10(3)16;1-3-9-7-14(11(15)4-2)8-10(9)19-13(18)6-5-12(16)17;1-3-7-5-10(6-8(7)11)9(12)4-2;1-2-8(12)9-3-6(5-10)7(11)4-9;8-1-7(12)9-2-5(4-10)6(11)3-9;5-3-1-2-4(6)7-3;1-2;/h2*11-12H,4-9H2,1-3H3;9-10H,3-8H2,1-2H3,(H,16,17);7-8,11H,3-6H2,1-2H3;6-7,10-11H,2-5H2,1H3;5-6,10-11H,1-4,8H2;1-2H2;1H3;1H/t2*11-,12+;9-,10+;7-,8+;6-,7-;5-,6-;;;/m111100.../s1. The van der Waals surface area contributed by atoms with Gasteiger partial charge in [-0.2, -0.15) is 0 Å². The Morgan fingerprint density at radius 3 is 0.845 bits per heavy atom. The summed E-state index contributed by atoms with van der Waals surface area (Å²) in [6, 6.07) is 0. The molecule has 594 valence electrons. The van der Waals surface area contributed by atoms with Gasteiger partial charge in [0.05, 0.1) is 96.2 Å². The molecule has 7 aliphatic heterocycles. The second-order valence-corrected chi connectivity index (χ2v) is 25.8. The number of aliphatic hydroxyl groups excluding tert-OH is 5. The van der Waals surface area contributed by atoms with E-state index >= 15 is 0 Å². The first kappa shape index (κ1) is 98.6. The normalized spacial score (nSPS) is 24.1. The molecule has 0 bridgehead atoms. The highest BCUT2D eigenvalue weighted by Crippen LogP contribution is 2.28. The number of ether oxygens (including phenoxy) is 4. The highest BCUT2D eigenvalue weighted by molar-refractivity contribution is 6.15. The number of carbonyl (C=O) groups excluding carboxylic acids is 13. The number of nitrogens with two attached hydrogens (primary N) is 1. The topological polar surface area (TPSA) is 443 Å². The van der Waals surface area contributed by atoms with Crippen LogP contribution in [0, 0.1) is 35.5 Å². The van der Waals surface area contributed by atoms with Crippen molar-refractivity contribution < 1.29 is 117 Å². The van der Waals surface area contributed by atoms with Gasteiger partial charge in [0, 0.05) is 146 Å². The Kier molecular flexibility index (Phi) is 51.8. The number of rotatable bonds is 24. The molecule has 0 aromatic heterocycles. The van der Waals surface area contributed by atoms with E-state index in [4.69, 9.17) is 35.3 Å². The van der Waals surface area contributed by atoms with Crippen LogP contribution in [0.3, 0.4) is 0 Å². The van der Waals surface area contributed by atoms with Crippen LogP contribution >= 0.6 is 24.0 Å². The number of hydrogen-bond acceptors (Lipinski definition) is 24. The van der Waals surface area contributed by atoms with Crippen molar-refractivity contribution in [1.29, 1.82) is 0 Å². The molecule has 7 rings (SSSR count). The number of alkyl halides is 1. The van der Waals surface area contributed by atoms with Gasteiger partial charge < -0.3 is 94.3 Å². The van der Waals surface area contributed by atoms with Crippen molar-refractivity contribution in [2.75, 3.05) is 105 Å². The molecule has 103 heavy (non-hydrogen) atoms. The number of aliphatic hydroxyl groups is 5. The summed E-state index contributed by atoms with van der Waals surface area (Å²) in [6.07, 6.45) is 6.07. The molecule has 0 spiro atoms. The van der Waals surface area contributed by atoms with Gasteiger partial charge >= 0.3 is 35.8 Å². The third-order valence-corrected chi connectivity index (χ3v) is 18.2. The van der Waals surface area contributed by atoms with E-state index < -0.39 is 36.1 Å². The summed E-state index contributed by atoms with van der Waals surface area (Å²) >= 11 is 4.64. The molecular weight excluding hydrogens is 1390 g/mol. The molecule has 33 heteroatoms. The lowest BCUT2D eigenvalue weighted by Gasteiger charge is -2.17. The summed E-state index contributed by atoms with van der Waals surface area (Å²) in [7, 11) is 0. The maximum Gasteiger partial charge on any atom is 0.314 e. The molecule has 0 aromatic rings. The van der Waals surface area contributed by atoms with Gasteiger partial charge in [0.15, 0.2) is 0 Å². The van der Waals surface area contributed by atoms with Crippen molar-refractivity contribution in [2.24, 2.45) is 41.2 Å². The Morgan fingerprint density at radius 1 is 0.398 bits per heavy atom. The van der Waals surface area contributed by atoms with E-state index in [0.29, 0.717) is 110 Å². The predicted octanol–water partition coefficient (Wildman–Crippen LogP) is 2.85. The maximum atomic E-state index is 11.7. The van der Waals surface area contributed by atoms with Gasteiger partial charge in [0.1, 0.15) is 29.9 Å². The molecular formula is C70H121Cl2N7O24. The van der Waals surface area contributed by atoms with Crippen molar-refractivity contribution in [3.63, 3.8) is 0 Å². The molecule has 7 aliphatic rings. The number of Topliss-reactive ketones (excluding diaryl/α,β-unsaturated/α-hetero) is 2. The van der Waals surface area contributed by atoms with E-state index in [1.54, 1.807) is 38.3 Å². The van der Waals surface area contributed by atoms with Crippen LogP contribution in [0.1, 0.15) is 185 Å². The maximum absolute atomic E-state index is 11.7. The number of hydrogen-bond donors (Lipinski definition) is 7. The molecule has 12 atom stereocenters. The SMILES string of the molecule is CCC(=O)N1C[C@@H](CC)[C@@H](O)C1.CCC(=O)N1C[C@@H](CC)[C@@H](OC(=O)CCC(=O)O)C1.CCC(=O)N1C[C@@H](CC)[C@@H](OC(=O)CCC(C)=O)C1.CCC(=O)N1C[C@@H](CC)[C@@H](OC(=O)CCC(C)=O)C1.CCC(=O)N1C[C@@H](CO)[C@@H](O)C1.CCl.Cl.NCC(=O)N1C[C@@H](CO)[C@@H](O)C1.O=C1CCC(=O)O1. The molecule has 7 heterocycles. The molecule has 6 amide bonds. The van der Waals surface area contributed by atoms with Crippen LogP contribution in [-0.4, -0.2) is 284 Å². The second-order valence-electron chi connectivity index (χ2n) is 25.8. The quantitative estimate of drug-likeness (QED) is 0.0316. The molecule has 31 nitrogen and oxygen atoms in total. The molecule has 0 aromatic carbocycles. The van der Waals surface area contributed by atoms with E-state index in [-0.39, 0.29) is 196 Å². The summed E-state index contributed by atoms with van der Waals surface area (Å²) < 4.78 is 20.2. The minimum absolute atomic E-state index is 0. The Balaban J connectivity index is 0. The number of amides is 6. The molecule has 7 fully saturated rings. The van der Waals surface area contributed by atoms with Gasteiger partial charge in [0.2, 0.25) is 35.4 Å². The van der Waals surface area contributed by atoms with E-state index in [9.17, 15) is 82.4 Å². The summed E-state index contributed by atoms with van der Waals surface area (Å²) in [5.41, 5.74) is 5.15. The van der Waals surface area contributed by atoms with Gasteiger partial charge in [-0.25, -0.2) is 0 Å². The third-order valence-electron chi connectivity index (χ3n) is 18.2. The Hall–Kier alpha value is -6.48. The number of nitrogens with zero attached hydrogens (tertiary/aromatic N) is 6. The number of β-amino-alcohol motifs (C(OH)–C–C–N with tert-alkyl or cyclic N) is 3. The average molecular weight is 1520 g/mol. The first-order valence-corrected chi connectivity index (χ1v) is 36.6. The van der Waals surface area contributed by atoms with E-state index in [1.165, 1.54) is 25.1 Å². The van der Waals surface area contributed by atoms with E-state index in [0.717, 1.165) is 32.2 Å². The number of esters is 5. The molecule has 0 radical (unpaired) electrons. The fraction of sp³-hybridized carbons (Fsp3) is 0.800. The number of cyclic esters (lactones) is 2. The van der Waals surface area contributed by atoms with Gasteiger partial charge in [-0.3, -0.25) is 57.5 Å². The van der Waals surface area contributed by atoms with Gasteiger partial charge in [-0.1, -0.05) is 62.3 Å². The minimum Gasteiger partial charge on any atom is -0.481 e. The zero-order valence-electron chi connectivity index (χ0n) is 62.6. The summed E-state index contributed by atoms with van der Waals surface area (Å²) in [5, 5.41) is 54.3. The summed E-state index contributed by atoms with van der Waals surface area (Å²) in [5.74, 6) is -2.27. The van der Waals surface area contributed by atoms with Gasteiger partial charge in [0.25, 0.3) is 0 Å². The fourth-order valence-electron chi connectivity index (χ4n) is 11.8. The zero-order valence-corrected chi connectivity index (χ0v) is 64.2. The fourth-order valence-corrected chi connectivity index (χ4v) is 11.8. The smallest absolute Gasteiger partial charge is 0.314 e. The molecule has 0 aliphatic carbocycles. The molecule has 8 N–H and O–H groups in total. The number of aliphatic carboxylic acids is 1. The third kappa shape index (κ3) is 37.4. The van der Waals surface area contributed by atoms with Crippen LogP contribution in [0.4, 0.5) is 0 Å². The summed E-state index contributed by atoms with van der Waals surface area (Å²) in [4.78, 5) is 165. The number of halogens is 2. The van der Waals surface area contributed by atoms with E-state index in [1.807, 2.05) is 48.5 Å². The number of carbonyl (C=O) groups is 14. The Labute approximate surface area is 618 Å². The minimum atomic E-state index is -1.02. The largest absolute Gasteiger partial charge is 0.481 e. The van der Waals surface area contributed by atoms with Crippen molar-refractivity contribution in [1.82, 2.24) is 29.4 Å². The van der Waals surface area contributed by atoms with Crippen LogP contribution in [-0.2, 0) is 86.1 Å². The number of ketones is 2. The number of carboxylic acid groups (broad SMARTS) is 1. The lowest BCUT2D eigenvalue weighted by Crippen LogP contribution is -2.34. The lowest BCUT2D eigenvalue weighted by molar-refractivity contribution is -0.153. The van der Waals surface area contributed by atoms with Crippen molar-refractivity contribution in [3.05, 3.63) is 0 Å². The predicted molar refractivity (Wildman–Crippen MR) is 380 cm³/mol. The van der Waals surface area contributed by atoms with Gasteiger partial charge in [-0.05, 0) is 39.5 Å². The Bertz CT molecular complexity index is 2400. The van der Waals surface area contributed by atoms with Crippen LogP contribution in [0.15, 0.2) is 0 Å². The van der Waals surface area contributed by atoms with Crippen LogP contribution < -0.4 is 5.73 Å². The monoisotopic (exact) mass is 1510 g/mol. The lowest BCUT2D eigenvalue weighted by atomic mass is 10.0. The zero-order chi connectivity index (χ0) is 77.9. The molecule has 0 unspecified atom stereocenters. The van der Waals surface area contributed by atoms with Crippen molar-refractivity contribution in [3.8, 4) is 0 Å². The second kappa shape index (κ2) is 54.2. The Morgan fingerprint density at radius 2 is 0.641 bits per heavy atom. The van der Waals surface area contributed by atoms with Crippen LogP contribution in [0.2, 0.25) is 0 Å². The highest BCUT2D eigenvalue weighted by atomic mass is 35.5. The number of carboxylic acids is 1. The number of likely N-dealkylation sites (tertiary alicyclic amines) is 6. The van der Waals surface area contributed by atoms with Gasteiger partial charge in [-0.15, -0.1) is 24.0 Å². The highest BCUT2D eigenvalue weighted by Gasteiger charge is 2.40. The summed E-state index contributed by atoms with van der Waals surface area (Å²) in [6.45, 7) is 26.1. The van der Waals surface area contributed by atoms with Crippen LogP contribution in [0.25, 0.3) is 0 Å². The molecule has 7 saturated heterocycles. The first-order valence-electron chi connectivity index (χ1n) is 35.8. The van der Waals surface area contributed by atoms with Crippen molar-refractivity contribution >= 4 is 107 Å². The first-order chi connectivity index (χ1) is 48.3. The van der Waals surface area contributed by atoms with Crippen molar-refractivity contribution in [2.45, 2.75) is 222 Å².